The van der Waals surface area contributed by atoms with Gasteiger partial charge in [-0.25, -0.2) is 4.79 Å². The molecule has 0 bridgehead atoms. The molecule has 35 nitrogen and oxygen atoms in total. The van der Waals surface area contributed by atoms with Gasteiger partial charge in [0.15, 0.2) is 30.4 Å². The van der Waals surface area contributed by atoms with Crippen LogP contribution in [0.25, 0.3) is 0 Å². The van der Waals surface area contributed by atoms with Crippen molar-refractivity contribution in [1.82, 2.24) is 37.2 Å². The van der Waals surface area contributed by atoms with E-state index >= 15 is 0 Å². The van der Waals surface area contributed by atoms with Crippen LogP contribution < -0.4 is 112 Å². The Morgan fingerprint density at radius 2 is 0.707 bits per heavy atom. The molecule has 0 saturated heterocycles. The summed E-state index contributed by atoms with van der Waals surface area (Å²) in [6.45, 7) is -0.347. The number of rotatable bonds is 37. The lowest BCUT2D eigenvalue weighted by Gasteiger charge is -2.22. The Kier molecular flexibility index (Phi) is 29.0. The van der Waals surface area contributed by atoms with Crippen molar-refractivity contribution in [2.45, 2.75) is 75.5 Å². The zero-order valence-corrected chi connectivity index (χ0v) is 50.6. The number of benzene rings is 4. The van der Waals surface area contributed by atoms with Crippen LogP contribution in [-0.4, -0.2) is 160 Å². The summed E-state index contributed by atoms with van der Waals surface area (Å²) in [6.07, 6.45) is 0.898. The number of nitrogens with one attached hydrogen (secondary N) is 15. The molecule has 0 fully saturated rings. The summed E-state index contributed by atoms with van der Waals surface area (Å²) in [5.74, 6) is -9.39. The molecule has 4 aromatic carbocycles. The number of hydrogen-bond donors (Lipinski definition) is 22. The molecule has 0 aliphatic rings. The van der Waals surface area contributed by atoms with E-state index in [-0.39, 0.29) is 156 Å². The number of primary amides is 1. The van der Waals surface area contributed by atoms with E-state index in [0.717, 1.165) is 6.07 Å². The zero-order valence-electron chi connectivity index (χ0n) is 50.6. The lowest BCUT2D eigenvalue weighted by Crippen LogP contribution is -2.45. The molecule has 0 aromatic heterocycles. The first-order valence-corrected chi connectivity index (χ1v) is 28.3. The number of ether oxygens (including phenoxy) is 4. The number of carboxylic acid groups (broad SMARTS) is 1. The van der Waals surface area contributed by atoms with Crippen LogP contribution in [0.3, 0.4) is 0 Å². The molecular weight excluding hydrogens is 1200 g/mol. The first kappa shape index (κ1) is 72.8. The predicted molar refractivity (Wildman–Crippen MR) is 340 cm³/mol. The number of carbonyl (C=O) groups excluding carboxylic acids is 8. The quantitative estimate of drug-likeness (QED) is 0.0143. The Hall–Kier alpha value is -11.7. The standard InChI is InChI=1S/C57H79N21O14/c1-89-41-16-12-29(24-33(41)46(59)81)73-51(86)38(9-5-21-69-55(62)63)76-48(83)35-26-31(14-18-43(35)91-3)74-53(88)40(11-7-23-71-57(66)67)78-49(84)36-27-32(15-19-44(36)92-28-45(79)80)75-52(87)39(10-6-22-70-56(64)65)77-47(82)34-25-30(13-17-42(34)90-2)72-50(85)37(58)8-4-20-68-54(60)61/h12-19,24-27,37-40H,4-11,20-23,28,58H2,1-3H3,(H2,59,81)(H,72,85)(H,73,86)(H,74,88)(H,75,87)(H,76,83)(H,77,82)(H,78,84)(H,79,80)(H4,60,61,68)(H4,62,63,69)(H4,64,65,70)(H4,66,67,71). The van der Waals surface area contributed by atoms with Gasteiger partial charge in [0.1, 0.15) is 41.1 Å². The van der Waals surface area contributed by atoms with Gasteiger partial charge < -0.3 is 117 Å². The third-order valence-corrected chi connectivity index (χ3v) is 13.2. The maximum absolute atomic E-state index is 14.5. The summed E-state index contributed by atoms with van der Waals surface area (Å²) in [5.41, 5.74) is 32.8. The van der Waals surface area contributed by atoms with Crippen molar-refractivity contribution in [2.24, 2.45) is 34.4 Å². The number of amides is 8. The molecule has 4 rings (SSSR count). The van der Waals surface area contributed by atoms with Crippen LogP contribution in [0.5, 0.6) is 23.0 Å². The third kappa shape index (κ3) is 24.1. The summed E-state index contributed by atoms with van der Waals surface area (Å²) < 4.78 is 21.6. The number of methoxy groups -OCH3 is 3. The number of hydrogen-bond acceptors (Lipinski definition) is 18. The van der Waals surface area contributed by atoms with E-state index in [4.69, 9.17) is 75.0 Å². The summed E-state index contributed by atoms with van der Waals surface area (Å²) >= 11 is 0. The van der Waals surface area contributed by atoms with Crippen LogP contribution in [0.4, 0.5) is 22.7 Å². The van der Waals surface area contributed by atoms with E-state index in [0.29, 0.717) is 13.0 Å². The first-order valence-electron chi connectivity index (χ1n) is 28.3. The fourth-order valence-electron chi connectivity index (χ4n) is 8.66. The highest BCUT2D eigenvalue weighted by Gasteiger charge is 2.29. The Morgan fingerprint density at radius 3 is 1.01 bits per heavy atom. The minimum absolute atomic E-state index is 0.00179. The average Bonchev–Trinajstić information content (AvgIpc) is 1.23. The van der Waals surface area contributed by atoms with Gasteiger partial charge in [-0.05, 0) is 124 Å². The molecule has 4 aromatic rings. The van der Waals surface area contributed by atoms with Crippen molar-refractivity contribution in [1.29, 1.82) is 21.6 Å². The highest BCUT2D eigenvalue weighted by Crippen LogP contribution is 2.28. The minimum Gasteiger partial charge on any atom is -0.496 e. The molecular formula is C57H79N21O14. The second-order valence-corrected chi connectivity index (χ2v) is 20.1. The Labute approximate surface area is 527 Å². The van der Waals surface area contributed by atoms with Gasteiger partial charge in [-0.1, -0.05) is 0 Å². The topological polar surface area (TPSA) is 595 Å². The maximum atomic E-state index is 14.5. The lowest BCUT2D eigenvalue weighted by atomic mass is 10.1. The molecule has 4 unspecified atom stereocenters. The smallest absolute Gasteiger partial charge is 0.341 e. The number of guanidine groups is 4. The van der Waals surface area contributed by atoms with E-state index in [1.807, 2.05) is 0 Å². The summed E-state index contributed by atoms with van der Waals surface area (Å²) in [5, 5.41) is 68.5. The molecule has 0 aliphatic carbocycles. The van der Waals surface area contributed by atoms with E-state index in [1.54, 1.807) is 0 Å². The second-order valence-electron chi connectivity index (χ2n) is 20.1. The number of anilines is 4. The molecule has 496 valence electrons. The Morgan fingerprint density at radius 1 is 0.424 bits per heavy atom. The first-order chi connectivity index (χ1) is 43.7. The Balaban J connectivity index is 1.65. The number of carbonyl (C=O) groups is 9. The number of aliphatic carboxylic acids is 1. The second kappa shape index (κ2) is 36.6. The highest BCUT2D eigenvalue weighted by atomic mass is 16.5. The van der Waals surface area contributed by atoms with Gasteiger partial charge in [0.2, 0.25) is 23.6 Å². The molecule has 8 amide bonds. The van der Waals surface area contributed by atoms with Gasteiger partial charge in [-0.2, -0.15) is 0 Å². The molecule has 0 aliphatic heterocycles. The largest absolute Gasteiger partial charge is 0.496 e. The maximum Gasteiger partial charge on any atom is 0.341 e. The van der Waals surface area contributed by atoms with Crippen molar-refractivity contribution < 1.29 is 67.2 Å². The van der Waals surface area contributed by atoms with Crippen LogP contribution in [-0.2, 0) is 24.0 Å². The molecule has 0 spiro atoms. The minimum atomic E-state index is -1.45. The molecule has 92 heavy (non-hydrogen) atoms. The fourth-order valence-corrected chi connectivity index (χ4v) is 8.66. The fraction of sp³-hybridized carbons (Fsp3) is 0.351. The van der Waals surface area contributed by atoms with E-state index in [9.17, 15) is 48.3 Å². The van der Waals surface area contributed by atoms with Gasteiger partial charge in [0, 0.05) is 48.9 Å². The summed E-state index contributed by atoms with van der Waals surface area (Å²) in [7, 11) is 3.90. The highest BCUT2D eigenvalue weighted by molar-refractivity contribution is 6.08. The van der Waals surface area contributed by atoms with Crippen LogP contribution in [0.2, 0.25) is 0 Å². The third-order valence-electron chi connectivity index (χ3n) is 13.2. The Bertz CT molecular complexity index is 3370. The molecule has 28 N–H and O–H groups in total. The van der Waals surface area contributed by atoms with Gasteiger partial charge in [-0.3, -0.25) is 60.0 Å². The summed E-state index contributed by atoms with van der Waals surface area (Å²) in [6, 6.07) is 10.8. The van der Waals surface area contributed by atoms with Crippen molar-refractivity contribution in [2.75, 3.05) is 75.4 Å². The van der Waals surface area contributed by atoms with E-state index in [1.165, 1.54) is 88.1 Å². The zero-order chi connectivity index (χ0) is 68.0. The van der Waals surface area contributed by atoms with Crippen LogP contribution in [0.1, 0.15) is 92.8 Å². The normalized spacial score (nSPS) is 11.8. The van der Waals surface area contributed by atoms with Gasteiger partial charge in [0.05, 0.1) is 49.6 Å². The average molecular weight is 1280 g/mol. The van der Waals surface area contributed by atoms with Crippen LogP contribution in [0, 0.1) is 21.6 Å². The van der Waals surface area contributed by atoms with Crippen molar-refractivity contribution in [3.8, 4) is 23.0 Å². The van der Waals surface area contributed by atoms with Crippen molar-refractivity contribution in [3.05, 3.63) is 95.1 Å². The van der Waals surface area contributed by atoms with E-state index < -0.39 is 84.0 Å². The van der Waals surface area contributed by atoms with Crippen molar-refractivity contribution in [3.63, 3.8) is 0 Å². The molecule has 0 radical (unpaired) electrons. The van der Waals surface area contributed by atoms with Crippen LogP contribution in [0.15, 0.2) is 72.8 Å². The molecule has 35 heteroatoms. The monoisotopic (exact) mass is 1280 g/mol. The number of carboxylic acids is 1. The summed E-state index contributed by atoms with van der Waals surface area (Å²) in [4.78, 5) is 122. The van der Waals surface area contributed by atoms with Crippen molar-refractivity contribution >= 4 is 99.8 Å². The molecule has 0 saturated carbocycles. The SMILES string of the molecule is COc1ccc(NC(=O)C(CCCNC(=N)N)NC(=O)c2cc(NC(=O)C(CCCNC(=N)N)NC(=O)c3cc(NC(=O)C(CCCNC(=N)N)NC(=O)c4cc(NC(=O)C(N)CCCNC(=N)N)ccc4OC)ccc3OCC(=O)O)ccc2OC)cc1C(N)=O. The predicted octanol–water partition coefficient (Wildman–Crippen LogP) is -1.20. The van der Waals surface area contributed by atoms with Gasteiger partial charge in [-0.15, -0.1) is 0 Å². The van der Waals surface area contributed by atoms with Gasteiger partial charge >= 0.3 is 5.97 Å². The molecule has 4 atom stereocenters. The van der Waals surface area contributed by atoms with Gasteiger partial charge in [0.25, 0.3) is 23.6 Å². The van der Waals surface area contributed by atoms with E-state index in [2.05, 4.69) is 58.5 Å². The number of nitrogens with two attached hydrogens (primary N) is 6. The van der Waals surface area contributed by atoms with Crippen LogP contribution >= 0.6 is 0 Å². The lowest BCUT2D eigenvalue weighted by molar-refractivity contribution is -0.139. The molecule has 0 heterocycles.